The molecule has 0 radical (unpaired) electrons. The molecule has 11 heteroatoms. The molecule has 0 aliphatic carbocycles. The fraction of sp³-hybridized carbons (Fsp3) is 0.167. The van der Waals surface area contributed by atoms with Gasteiger partial charge in [-0.2, -0.15) is 18.3 Å². The quantitative estimate of drug-likeness (QED) is 0.433. The Morgan fingerprint density at radius 1 is 1.21 bits per heavy atom. The van der Waals surface area contributed by atoms with Gasteiger partial charge in [0.1, 0.15) is 6.54 Å². The lowest BCUT2D eigenvalue weighted by Gasteiger charge is -2.10. The Balaban J connectivity index is 1.80. The number of carbonyl (C=O) groups is 2. The summed E-state index contributed by atoms with van der Waals surface area (Å²) in [5.74, 6) is -0.490. The van der Waals surface area contributed by atoms with E-state index in [1.165, 1.54) is 31.5 Å². The van der Waals surface area contributed by atoms with Gasteiger partial charge in [-0.1, -0.05) is 6.07 Å². The fourth-order valence-corrected chi connectivity index (χ4v) is 2.11. The predicted octanol–water partition coefficient (Wildman–Crippen LogP) is 2.69. The lowest BCUT2D eigenvalue weighted by molar-refractivity contribution is -0.137. The summed E-state index contributed by atoms with van der Waals surface area (Å²) in [6.45, 7) is -0.462. The number of phenols is 1. The molecule has 0 fully saturated rings. The van der Waals surface area contributed by atoms with Gasteiger partial charge in [0.05, 0.1) is 18.9 Å². The van der Waals surface area contributed by atoms with Crippen molar-refractivity contribution in [3.63, 3.8) is 0 Å². The number of phenolic OH excluding ortho intramolecular Hbond substituents is 1. The minimum Gasteiger partial charge on any atom is -0.504 e. The number of hydrogen-bond acceptors (Lipinski definition) is 5. The molecule has 0 aliphatic rings. The van der Waals surface area contributed by atoms with Crippen molar-refractivity contribution in [1.82, 2.24) is 10.7 Å². The van der Waals surface area contributed by atoms with E-state index >= 15 is 0 Å². The standard InChI is InChI=1S/C18H17F3N4O4/c1-29-15-6-5-11(7-14(15)26)9-23-25-16(27)10-22-17(28)24-13-4-2-3-12(8-13)18(19,20)21/h2-9,26H,10H2,1H3,(H,25,27)(H2,22,24,28)/b23-9-. The molecule has 2 aromatic rings. The Bertz CT molecular complexity index is 916. The van der Waals surface area contributed by atoms with Crippen LogP contribution in [0.15, 0.2) is 47.6 Å². The maximum Gasteiger partial charge on any atom is 0.416 e. The summed E-state index contributed by atoms with van der Waals surface area (Å²) in [5.41, 5.74) is 1.65. The van der Waals surface area contributed by atoms with Crippen LogP contribution >= 0.6 is 0 Å². The number of nitrogens with zero attached hydrogens (tertiary/aromatic N) is 1. The second-order valence-electron chi connectivity index (χ2n) is 5.61. The SMILES string of the molecule is COc1ccc(/C=N\NC(=O)CNC(=O)Nc2cccc(C(F)(F)F)c2)cc1O. The van der Waals surface area contributed by atoms with E-state index in [1.807, 2.05) is 0 Å². The molecule has 0 spiro atoms. The number of nitrogens with one attached hydrogen (secondary N) is 3. The van der Waals surface area contributed by atoms with Crippen LogP contribution in [0.2, 0.25) is 0 Å². The summed E-state index contributed by atoms with van der Waals surface area (Å²) in [6.07, 6.45) is -3.27. The Hall–Kier alpha value is -3.76. The van der Waals surface area contributed by atoms with Gasteiger partial charge in [0, 0.05) is 5.69 Å². The van der Waals surface area contributed by atoms with Gasteiger partial charge in [-0.25, -0.2) is 10.2 Å². The van der Waals surface area contributed by atoms with Gasteiger partial charge >= 0.3 is 12.2 Å². The van der Waals surface area contributed by atoms with Crippen LogP contribution in [0.1, 0.15) is 11.1 Å². The number of hydrogen-bond donors (Lipinski definition) is 4. The summed E-state index contributed by atoms with van der Waals surface area (Å²) < 4.78 is 42.8. The highest BCUT2D eigenvalue weighted by atomic mass is 19.4. The highest BCUT2D eigenvalue weighted by Crippen LogP contribution is 2.30. The molecular weight excluding hydrogens is 393 g/mol. The topological polar surface area (TPSA) is 112 Å². The Morgan fingerprint density at radius 3 is 2.62 bits per heavy atom. The van der Waals surface area contributed by atoms with Crippen LogP contribution in [0.25, 0.3) is 0 Å². The first-order chi connectivity index (χ1) is 13.7. The summed E-state index contributed by atoms with van der Waals surface area (Å²) in [4.78, 5) is 23.4. The van der Waals surface area contributed by atoms with E-state index in [0.717, 1.165) is 18.2 Å². The van der Waals surface area contributed by atoms with Crippen molar-refractivity contribution in [3.8, 4) is 11.5 Å². The third-order valence-electron chi connectivity index (χ3n) is 3.46. The summed E-state index contributed by atoms with van der Waals surface area (Å²) in [6, 6.07) is 7.69. The van der Waals surface area contributed by atoms with Gasteiger partial charge in [-0.05, 0) is 42.0 Å². The molecule has 29 heavy (non-hydrogen) atoms. The molecule has 0 bridgehead atoms. The first kappa shape index (κ1) is 21.5. The van der Waals surface area contributed by atoms with Gasteiger partial charge < -0.3 is 20.5 Å². The Morgan fingerprint density at radius 2 is 1.97 bits per heavy atom. The van der Waals surface area contributed by atoms with E-state index in [2.05, 4.69) is 21.2 Å². The minimum atomic E-state index is -4.53. The first-order valence-corrected chi connectivity index (χ1v) is 8.10. The van der Waals surface area contributed by atoms with Gasteiger partial charge in [-0.15, -0.1) is 0 Å². The van der Waals surface area contributed by atoms with Gasteiger partial charge in [0.15, 0.2) is 11.5 Å². The number of anilines is 1. The zero-order valence-electron chi connectivity index (χ0n) is 15.1. The molecule has 0 aliphatic heterocycles. The predicted molar refractivity (Wildman–Crippen MR) is 98.9 cm³/mol. The highest BCUT2D eigenvalue weighted by Gasteiger charge is 2.30. The lowest BCUT2D eigenvalue weighted by atomic mass is 10.2. The first-order valence-electron chi connectivity index (χ1n) is 8.10. The third-order valence-corrected chi connectivity index (χ3v) is 3.46. The maximum atomic E-state index is 12.6. The number of halogens is 3. The van der Waals surface area contributed by atoms with Crippen LogP contribution < -0.4 is 20.8 Å². The minimum absolute atomic E-state index is 0.0740. The van der Waals surface area contributed by atoms with Crippen molar-refractivity contribution in [2.45, 2.75) is 6.18 Å². The molecule has 8 nitrogen and oxygen atoms in total. The molecule has 0 saturated carbocycles. The van der Waals surface area contributed by atoms with Crippen molar-refractivity contribution in [1.29, 1.82) is 0 Å². The number of ether oxygens (including phenoxy) is 1. The number of aromatic hydroxyl groups is 1. The lowest BCUT2D eigenvalue weighted by Crippen LogP contribution is -2.37. The van der Waals surface area contributed by atoms with Crippen LogP contribution in [-0.4, -0.2) is 36.9 Å². The normalized spacial score (nSPS) is 11.2. The molecule has 154 valence electrons. The average molecular weight is 410 g/mol. The Labute approximate surface area is 163 Å². The monoisotopic (exact) mass is 410 g/mol. The number of rotatable bonds is 6. The molecule has 2 rings (SSSR count). The summed E-state index contributed by atoms with van der Waals surface area (Å²) in [5, 5.41) is 17.7. The van der Waals surface area contributed by atoms with Gasteiger partial charge in [0.2, 0.25) is 0 Å². The molecular formula is C18H17F3N4O4. The molecule has 0 unspecified atom stereocenters. The summed E-state index contributed by atoms with van der Waals surface area (Å²) >= 11 is 0. The van der Waals surface area contributed by atoms with Crippen molar-refractivity contribution in [2.75, 3.05) is 19.0 Å². The van der Waals surface area contributed by atoms with Gasteiger partial charge in [-0.3, -0.25) is 4.79 Å². The van der Waals surface area contributed by atoms with Crippen LogP contribution in [0, 0.1) is 0 Å². The number of amides is 3. The summed E-state index contributed by atoms with van der Waals surface area (Å²) in [7, 11) is 1.40. The molecule has 2 aromatic carbocycles. The molecule has 4 N–H and O–H groups in total. The number of carbonyl (C=O) groups excluding carboxylic acids is 2. The van der Waals surface area contributed by atoms with Gasteiger partial charge in [0.25, 0.3) is 5.91 Å². The largest absolute Gasteiger partial charge is 0.504 e. The van der Waals surface area contributed by atoms with Crippen molar-refractivity contribution < 1.29 is 32.6 Å². The highest BCUT2D eigenvalue weighted by molar-refractivity contribution is 5.92. The number of hydrazone groups is 1. The molecule has 0 heterocycles. The maximum absolute atomic E-state index is 12.6. The smallest absolute Gasteiger partial charge is 0.416 e. The van der Waals surface area contributed by atoms with Crippen molar-refractivity contribution in [3.05, 3.63) is 53.6 Å². The van der Waals surface area contributed by atoms with E-state index in [0.29, 0.717) is 5.56 Å². The van der Waals surface area contributed by atoms with E-state index < -0.39 is 30.2 Å². The second-order valence-corrected chi connectivity index (χ2v) is 5.61. The number of urea groups is 1. The average Bonchev–Trinajstić information content (AvgIpc) is 2.66. The Kier molecular flexibility index (Phi) is 7.01. The zero-order valence-corrected chi connectivity index (χ0v) is 15.1. The van der Waals surface area contributed by atoms with E-state index in [4.69, 9.17) is 4.74 Å². The number of methoxy groups -OCH3 is 1. The number of alkyl halides is 3. The molecule has 0 atom stereocenters. The van der Waals surface area contributed by atoms with Crippen LogP contribution in [0.4, 0.5) is 23.7 Å². The number of benzene rings is 2. The van der Waals surface area contributed by atoms with Crippen LogP contribution in [0.3, 0.4) is 0 Å². The van der Waals surface area contributed by atoms with Crippen LogP contribution in [0.5, 0.6) is 11.5 Å². The second kappa shape index (κ2) is 9.44. The zero-order chi connectivity index (χ0) is 21.4. The van der Waals surface area contributed by atoms with E-state index in [9.17, 15) is 27.9 Å². The third kappa shape index (κ3) is 6.72. The molecule has 3 amide bonds. The van der Waals surface area contributed by atoms with E-state index in [-0.39, 0.29) is 17.2 Å². The molecule has 0 aromatic heterocycles. The van der Waals surface area contributed by atoms with E-state index in [1.54, 1.807) is 6.07 Å². The van der Waals surface area contributed by atoms with Crippen molar-refractivity contribution >= 4 is 23.8 Å². The van der Waals surface area contributed by atoms with Crippen LogP contribution in [-0.2, 0) is 11.0 Å². The fourth-order valence-electron chi connectivity index (χ4n) is 2.11. The van der Waals surface area contributed by atoms with Crippen molar-refractivity contribution in [2.24, 2.45) is 5.10 Å². The molecule has 0 saturated heterocycles.